The molecule has 0 saturated heterocycles. The largest absolute Gasteiger partial charge is 0.478 e. The van der Waals surface area contributed by atoms with Gasteiger partial charge >= 0.3 is 5.97 Å². The topological polar surface area (TPSA) is 62.2 Å². The Bertz CT molecular complexity index is 635. The maximum absolute atomic E-state index is 11.4. The van der Waals surface area contributed by atoms with E-state index in [2.05, 4.69) is 17.2 Å². The number of aromatic carboxylic acids is 1. The summed E-state index contributed by atoms with van der Waals surface area (Å²) in [6.45, 7) is 2.08. The molecule has 3 rings (SSSR count). The number of para-hydroxylation sites is 1. The Morgan fingerprint density at radius 1 is 1.42 bits per heavy atom. The van der Waals surface area contributed by atoms with Crippen molar-refractivity contribution in [2.24, 2.45) is 5.92 Å². The van der Waals surface area contributed by atoms with Gasteiger partial charge in [0.1, 0.15) is 11.4 Å². The van der Waals surface area contributed by atoms with Crippen molar-refractivity contribution in [2.75, 3.05) is 5.32 Å². The van der Waals surface area contributed by atoms with Gasteiger partial charge < -0.3 is 10.4 Å². The summed E-state index contributed by atoms with van der Waals surface area (Å²) in [5.74, 6) is 0.185. The Kier molecular flexibility index (Phi) is 2.85. The van der Waals surface area contributed by atoms with E-state index in [9.17, 15) is 9.90 Å². The van der Waals surface area contributed by atoms with Crippen molar-refractivity contribution >= 4 is 22.7 Å². The third-order valence-corrected chi connectivity index (χ3v) is 3.65. The minimum atomic E-state index is -0.941. The van der Waals surface area contributed by atoms with Crippen molar-refractivity contribution in [1.29, 1.82) is 0 Å². The summed E-state index contributed by atoms with van der Waals surface area (Å²) in [6.07, 6.45) is 2.42. The number of anilines is 1. The Hall–Kier alpha value is -2.10. The minimum Gasteiger partial charge on any atom is -0.478 e. The van der Waals surface area contributed by atoms with Gasteiger partial charge in [-0.1, -0.05) is 18.2 Å². The highest BCUT2D eigenvalue weighted by atomic mass is 16.4. The molecule has 2 N–H and O–H groups in total. The third kappa shape index (κ3) is 2.38. The van der Waals surface area contributed by atoms with Crippen LogP contribution in [0.15, 0.2) is 30.3 Å². The number of hydrogen-bond acceptors (Lipinski definition) is 3. The molecule has 1 heterocycles. The van der Waals surface area contributed by atoms with Crippen LogP contribution in [0.25, 0.3) is 10.9 Å². The second kappa shape index (κ2) is 4.53. The molecule has 1 saturated carbocycles. The number of nitrogens with one attached hydrogen (secondary N) is 1. The fourth-order valence-electron chi connectivity index (χ4n) is 2.32. The molecule has 1 atom stereocenters. The number of benzene rings is 1. The van der Waals surface area contributed by atoms with E-state index < -0.39 is 5.97 Å². The van der Waals surface area contributed by atoms with Gasteiger partial charge in [-0.05, 0) is 37.8 Å². The Morgan fingerprint density at radius 3 is 2.84 bits per heavy atom. The zero-order valence-electron chi connectivity index (χ0n) is 10.8. The smallest absolute Gasteiger partial charge is 0.339 e. The SMILES string of the molecule is CC(Nc1nc2ccccc2cc1C(=O)O)C1CC1. The number of fused-ring (bicyclic) bond motifs is 1. The van der Waals surface area contributed by atoms with Crippen molar-refractivity contribution in [3.63, 3.8) is 0 Å². The van der Waals surface area contributed by atoms with Crippen LogP contribution < -0.4 is 5.32 Å². The second-order valence-corrected chi connectivity index (χ2v) is 5.15. The van der Waals surface area contributed by atoms with Crippen molar-refractivity contribution in [3.05, 3.63) is 35.9 Å². The predicted molar refractivity (Wildman–Crippen MR) is 74.5 cm³/mol. The Labute approximate surface area is 111 Å². The van der Waals surface area contributed by atoms with Gasteiger partial charge in [0.25, 0.3) is 0 Å². The Balaban J connectivity index is 2.03. The van der Waals surface area contributed by atoms with Crippen LogP contribution in [0.3, 0.4) is 0 Å². The van der Waals surface area contributed by atoms with E-state index in [4.69, 9.17) is 0 Å². The number of rotatable bonds is 4. The third-order valence-electron chi connectivity index (χ3n) is 3.65. The lowest BCUT2D eigenvalue weighted by Crippen LogP contribution is -2.20. The molecule has 19 heavy (non-hydrogen) atoms. The van der Waals surface area contributed by atoms with Crippen LogP contribution >= 0.6 is 0 Å². The van der Waals surface area contributed by atoms with Crippen molar-refractivity contribution in [3.8, 4) is 0 Å². The molecule has 0 spiro atoms. The lowest BCUT2D eigenvalue weighted by atomic mass is 10.1. The summed E-state index contributed by atoms with van der Waals surface area (Å²) in [4.78, 5) is 15.8. The molecule has 0 bridgehead atoms. The summed E-state index contributed by atoms with van der Waals surface area (Å²) in [5.41, 5.74) is 1.06. The number of carboxylic acid groups (broad SMARTS) is 1. The standard InChI is InChI=1S/C15H16N2O2/c1-9(10-6-7-10)16-14-12(15(18)19)8-11-4-2-3-5-13(11)17-14/h2-5,8-10H,6-7H2,1H3,(H,16,17)(H,18,19). The van der Waals surface area contributed by atoms with E-state index in [1.165, 1.54) is 12.8 Å². The van der Waals surface area contributed by atoms with Crippen LogP contribution in [0, 0.1) is 5.92 Å². The number of carboxylic acids is 1. The van der Waals surface area contributed by atoms with Gasteiger partial charge in [0.05, 0.1) is 5.52 Å². The van der Waals surface area contributed by atoms with Crippen LogP contribution in [0.5, 0.6) is 0 Å². The van der Waals surface area contributed by atoms with E-state index in [1.54, 1.807) is 6.07 Å². The van der Waals surface area contributed by atoms with E-state index in [-0.39, 0.29) is 11.6 Å². The maximum Gasteiger partial charge on any atom is 0.339 e. The molecule has 1 aromatic heterocycles. The predicted octanol–water partition coefficient (Wildman–Crippen LogP) is 3.14. The van der Waals surface area contributed by atoms with Gasteiger partial charge in [0.2, 0.25) is 0 Å². The highest BCUT2D eigenvalue weighted by molar-refractivity contribution is 5.98. The van der Waals surface area contributed by atoms with Gasteiger partial charge in [-0.25, -0.2) is 9.78 Å². The monoisotopic (exact) mass is 256 g/mol. The van der Waals surface area contributed by atoms with Crippen LogP contribution in [0.1, 0.15) is 30.1 Å². The molecule has 1 aliphatic carbocycles. The molecular formula is C15H16N2O2. The zero-order chi connectivity index (χ0) is 13.4. The fraction of sp³-hybridized carbons (Fsp3) is 0.333. The number of carbonyl (C=O) groups is 1. The minimum absolute atomic E-state index is 0.242. The molecule has 98 valence electrons. The van der Waals surface area contributed by atoms with Crippen LogP contribution in [0.4, 0.5) is 5.82 Å². The normalized spacial score (nSPS) is 16.3. The molecule has 0 radical (unpaired) electrons. The fourth-order valence-corrected chi connectivity index (χ4v) is 2.32. The quantitative estimate of drug-likeness (QED) is 0.882. The first-order valence-electron chi connectivity index (χ1n) is 6.55. The highest BCUT2D eigenvalue weighted by Gasteiger charge is 2.29. The molecule has 1 aromatic carbocycles. The van der Waals surface area contributed by atoms with Gasteiger partial charge in [-0.2, -0.15) is 0 Å². The van der Waals surface area contributed by atoms with Crippen LogP contribution in [0.2, 0.25) is 0 Å². The average Bonchev–Trinajstić information content (AvgIpc) is 3.22. The summed E-state index contributed by atoms with van der Waals surface area (Å²) >= 11 is 0. The molecule has 2 aromatic rings. The summed E-state index contributed by atoms with van der Waals surface area (Å²) in [5, 5.41) is 13.4. The Morgan fingerprint density at radius 2 is 2.16 bits per heavy atom. The van der Waals surface area contributed by atoms with Gasteiger partial charge in [-0.15, -0.1) is 0 Å². The first kappa shape index (κ1) is 12.0. The molecule has 0 aliphatic heterocycles. The van der Waals surface area contributed by atoms with Gasteiger partial charge in [0.15, 0.2) is 0 Å². The van der Waals surface area contributed by atoms with Crippen LogP contribution in [-0.2, 0) is 0 Å². The number of nitrogens with zero attached hydrogens (tertiary/aromatic N) is 1. The van der Waals surface area contributed by atoms with Crippen LogP contribution in [-0.4, -0.2) is 22.1 Å². The number of aromatic nitrogens is 1. The number of hydrogen-bond donors (Lipinski definition) is 2. The summed E-state index contributed by atoms with van der Waals surface area (Å²) < 4.78 is 0. The molecular weight excluding hydrogens is 240 g/mol. The first-order valence-corrected chi connectivity index (χ1v) is 6.55. The lowest BCUT2D eigenvalue weighted by molar-refractivity contribution is 0.0697. The summed E-state index contributed by atoms with van der Waals surface area (Å²) in [7, 11) is 0. The maximum atomic E-state index is 11.4. The molecule has 0 amide bonds. The van der Waals surface area contributed by atoms with E-state index in [1.807, 2.05) is 24.3 Å². The lowest BCUT2D eigenvalue weighted by Gasteiger charge is -2.16. The van der Waals surface area contributed by atoms with Crippen molar-refractivity contribution in [1.82, 2.24) is 4.98 Å². The van der Waals surface area contributed by atoms with E-state index in [0.717, 1.165) is 10.9 Å². The first-order chi connectivity index (χ1) is 9.15. The second-order valence-electron chi connectivity index (χ2n) is 5.15. The van der Waals surface area contributed by atoms with Crippen molar-refractivity contribution < 1.29 is 9.90 Å². The van der Waals surface area contributed by atoms with Gasteiger partial charge in [0, 0.05) is 11.4 Å². The molecule has 4 nitrogen and oxygen atoms in total. The highest BCUT2D eigenvalue weighted by Crippen LogP contribution is 2.34. The zero-order valence-corrected chi connectivity index (χ0v) is 10.8. The average molecular weight is 256 g/mol. The van der Waals surface area contributed by atoms with Gasteiger partial charge in [-0.3, -0.25) is 0 Å². The molecule has 1 aliphatic rings. The molecule has 1 fully saturated rings. The van der Waals surface area contributed by atoms with E-state index >= 15 is 0 Å². The van der Waals surface area contributed by atoms with E-state index in [0.29, 0.717) is 11.7 Å². The molecule has 1 unspecified atom stereocenters. The van der Waals surface area contributed by atoms with Crippen molar-refractivity contribution in [2.45, 2.75) is 25.8 Å². The number of pyridine rings is 1. The molecule has 4 heteroatoms. The summed E-state index contributed by atoms with van der Waals surface area (Å²) in [6, 6.07) is 9.52.